The number of nitrogens with one attached hydrogen (secondary N) is 1. The lowest BCUT2D eigenvalue weighted by Crippen LogP contribution is -2.33. The van der Waals surface area contributed by atoms with E-state index in [1.807, 2.05) is 18.2 Å². The van der Waals surface area contributed by atoms with Crippen molar-refractivity contribution in [2.24, 2.45) is 5.29 Å². The fourth-order valence-electron chi connectivity index (χ4n) is 1.77. The van der Waals surface area contributed by atoms with Crippen LogP contribution >= 0.6 is 15.9 Å². The maximum atomic E-state index is 11.4. The first-order chi connectivity index (χ1) is 9.52. The summed E-state index contributed by atoms with van der Waals surface area (Å²) in [5.41, 5.74) is 0.878. The van der Waals surface area contributed by atoms with E-state index in [-0.39, 0.29) is 12.3 Å². The third-order valence-electron chi connectivity index (χ3n) is 2.86. The second-order valence-corrected chi connectivity index (χ2v) is 5.01. The Morgan fingerprint density at radius 2 is 2.15 bits per heavy atom. The zero-order valence-electron chi connectivity index (χ0n) is 10.6. The monoisotopic (exact) mass is 337 g/mol. The lowest BCUT2D eigenvalue weighted by atomic mass is 10.1. The van der Waals surface area contributed by atoms with E-state index in [0.717, 1.165) is 16.3 Å². The Bertz CT molecular complexity index is 675. The lowest BCUT2D eigenvalue weighted by molar-refractivity contribution is 0.209. The fraction of sp³-hybridized carbons (Fsp3) is 0.154. The molecule has 0 heterocycles. The normalized spacial score (nSPS) is 10.3. The van der Waals surface area contributed by atoms with Crippen molar-refractivity contribution in [3.8, 4) is 5.75 Å². The number of amides is 2. The van der Waals surface area contributed by atoms with Crippen LogP contribution in [0.2, 0.25) is 0 Å². The highest BCUT2D eigenvalue weighted by Crippen LogP contribution is 2.32. The summed E-state index contributed by atoms with van der Waals surface area (Å²) < 4.78 is 0.635. The maximum absolute atomic E-state index is 11.4. The van der Waals surface area contributed by atoms with Gasteiger partial charge in [0.2, 0.25) is 0 Å². The molecule has 0 saturated carbocycles. The number of halogens is 1. The molecule has 0 fully saturated rings. The number of carbonyl (C=O) groups excluding carboxylic acids is 1. The van der Waals surface area contributed by atoms with Gasteiger partial charge in [0, 0.05) is 13.6 Å². The van der Waals surface area contributed by atoms with Gasteiger partial charge in [-0.15, -0.1) is 4.91 Å². The van der Waals surface area contributed by atoms with Crippen LogP contribution in [0.3, 0.4) is 0 Å². The van der Waals surface area contributed by atoms with Gasteiger partial charge in [-0.25, -0.2) is 4.79 Å². The molecule has 0 aliphatic rings. The molecule has 0 aliphatic heterocycles. The Morgan fingerprint density at radius 1 is 1.40 bits per heavy atom. The molecule has 2 amide bonds. The number of urea groups is 1. The molecule has 20 heavy (non-hydrogen) atoms. The molecular formula is C13H12BrN3O3. The Kier molecular flexibility index (Phi) is 4.19. The van der Waals surface area contributed by atoms with Crippen LogP contribution in [0.5, 0.6) is 5.75 Å². The maximum Gasteiger partial charge on any atom is 0.340 e. The highest BCUT2D eigenvalue weighted by molar-refractivity contribution is 9.10. The summed E-state index contributed by atoms with van der Waals surface area (Å²) in [5.74, 6) is 0.178. The Labute approximate surface area is 123 Å². The van der Waals surface area contributed by atoms with Gasteiger partial charge in [-0.1, -0.05) is 18.2 Å². The number of phenols is 1. The molecule has 2 aromatic rings. The SMILES string of the molecule is CN(N=O)C(=O)NCc1ccc2c(Br)c(O)ccc2c1. The van der Waals surface area contributed by atoms with E-state index in [4.69, 9.17) is 0 Å². The van der Waals surface area contributed by atoms with Gasteiger partial charge < -0.3 is 10.4 Å². The van der Waals surface area contributed by atoms with Gasteiger partial charge in [0.25, 0.3) is 0 Å². The smallest absolute Gasteiger partial charge is 0.340 e. The van der Waals surface area contributed by atoms with Crippen molar-refractivity contribution >= 4 is 32.7 Å². The molecule has 6 nitrogen and oxygen atoms in total. The number of hydrogen-bond donors (Lipinski definition) is 2. The van der Waals surface area contributed by atoms with Crippen LogP contribution in [0.4, 0.5) is 4.79 Å². The van der Waals surface area contributed by atoms with E-state index in [1.165, 1.54) is 7.05 Å². The first kappa shape index (κ1) is 14.3. The number of nitroso groups, excluding NO2 is 1. The van der Waals surface area contributed by atoms with E-state index in [2.05, 4.69) is 26.5 Å². The predicted molar refractivity (Wildman–Crippen MR) is 79.1 cm³/mol. The molecule has 2 rings (SSSR count). The van der Waals surface area contributed by atoms with E-state index >= 15 is 0 Å². The number of hydrogen-bond acceptors (Lipinski definition) is 4. The van der Waals surface area contributed by atoms with Crippen LogP contribution in [-0.2, 0) is 6.54 Å². The second kappa shape index (κ2) is 5.87. The van der Waals surface area contributed by atoms with Crippen molar-refractivity contribution in [3.05, 3.63) is 45.3 Å². The van der Waals surface area contributed by atoms with Crippen LogP contribution in [0, 0.1) is 4.91 Å². The second-order valence-electron chi connectivity index (χ2n) is 4.22. The fourth-order valence-corrected chi connectivity index (χ4v) is 2.26. The minimum Gasteiger partial charge on any atom is -0.507 e. The van der Waals surface area contributed by atoms with Gasteiger partial charge in [-0.05, 0) is 44.4 Å². The van der Waals surface area contributed by atoms with Crippen molar-refractivity contribution < 1.29 is 9.90 Å². The molecular weight excluding hydrogens is 326 g/mol. The van der Waals surface area contributed by atoms with Crippen molar-refractivity contribution in [1.82, 2.24) is 10.3 Å². The molecule has 0 aliphatic carbocycles. The molecule has 2 aromatic carbocycles. The van der Waals surface area contributed by atoms with Gasteiger partial charge in [-0.3, -0.25) is 0 Å². The first-order valence-corrected chi connectivity index (χ1v) is 6.57. The van der Waals surface area contributed by atoms with Crippen LogP contribution in [0.1, 0.15) is 5.56 Å². The van der Waals surface area contributed by atoms with Crippen molar-refractivity contribution in [3.63, 3.8) is 0 Å². The van der Waals surface area contributed by atoms with Crippen molar-refractivity contribution in [2.45, 2.75) is 6.54 Å². The number of rotatable bonds is 3. The van der Waals surface area contributed by atoms with E-state index < -0.39 is 6.03 Å². The van der Waals surface area contributed by atoms with Crippen LogP contribution in [0.15, 0.2) is 40.1 Å². The molecule has 0 aromatic heterocycles. The highest BCUT2D eigenvalue weighted by Gasteiger charge is 2.08. The number of aromatic hydroxyl groups is 1. The summed E-state index contributed by atoms with van der Waals surface area (Å²) in [7, 11) is 1.28. The van der Waals surface area contributed by atoms with Gasteiger partial charge in [0.05, 0.1) is 9.76 Å². The number of phenolic OH excluding ortho intramolecular Hbond substituents is 1. The summed E-state index contributed by atoms with van der Waals surface area (Å²) in [5, 5.41) is 17.2. The number of benzene rings is 2. The minimum absolute atomic E-state index is 0.178. The average Bonchev–Trinajstić information content (AvgIpc) is 2.47. The van der Waals surface area contributed by atoms with Gasteiger partial charge >= 0.3 is 6.03 Å². The molecule has 0 radical (unpaired) electrons. The van der Waals surface area contributed by atoms with Crippen molar-refractivity contribution in [2.75, 3.05) is 7.05 Å². The third kappa shape index (κ3) is 2.88. The van der Waals surface area contributed by atoms with Crippen LogP contribution in [0.25, 0.3) is 10.8 Å². The largest absolute Gasteiger partial charge is 0.507 e. The Balaban J connectivity index is 2.19. The summed E-state index contributed by atoms with van der Waals surface area (Å²) in [6.45, 7) is 0.285. The molecule has 7 heteroatoms. The average molecular weight is 338 g/mol. The molecule has 2 N–H and O–H groups in total. The first-order valence-electron chi connectivity index (χ1n) is 5.78. The molecule has 0 atom stereocenters. The van der Waals surface area contributed by atoms with E-state index in [0.29, 0.717) is 9.48 Å². The lowest BCUT2D eigenvalue weighted by Gasteiger charge is -2.10. The Hall–Kier alpha value is -2.15. The molecule has 0 saturated heterocycles. The number of carbonyl (C=O) groups is 1. The highest BCUT2D eigenvalue weighted by atomic mass is 79.9. The number of nitrogens with zero attached hydrogens (tertiary/aromatic N) is 2. The summed E-state index contributed by atoms with van der Waals surface area (Å²) in [6.07, 6.45) is 0. The summed E-state index contributed by atoms with van der Waals surface area (Å²) in [6, 6.07) is 8.41. The standard InChI is InChI=1S/C13H12BrN3O3/c1-17(16-20)13(19)15-7-8-2-4-10-9(6-8)3-5-11(18)12(10)14/h2-6,18H,7H2,1H3,(H,15,19). The number of fused-ring (bicyclic) bond motifs is 1. The van der Waals surface area contributed by atoms with Gasteiger partial charge in [0.15, 0.2) is 0 Å². The minimum atomic E-state index is -0.563. The van der Waals surface area contributed by atoms with Gasteiger partial charge in [-0.2, -0.15) is 5.01 Å². The summed E-state index contributed by atoms with van der Waals surface area (Å²) in [4.78, 5) is 21.6. The Morgan fingerprint density at radius 3 is 2.85 bits per heavy atom. The summed E-state index contributed by atoms with van der Waals surface area (Å²) >= 11 is 3.32. The van der Waals surface area contributed by atoms with Crippen LogP contribution < -0.4 is 5.32 Å². The molecule has 0 bridgehead atoms. The van der Waals surface area contributed by atoms with Crippen LogP contribution in [-0.4, -0.2) is 23.2 Å². The quantitative estimate of drug-likeness (QED) is 0.666. The van der Waals surface area contributed by atoms with E-state index in [9.17, 15) is 14.8 Å². The van der Waals surface area contributed by atoms with Gasteiger partial charge in [0.1, 0.15) is 5.75 Å². The van der Waals surface area contributed by atoms with Crippen molar-refractivity contribution in [1.29, 1.82) is 0 Å². The third-order valence-corrected chi connectivity index (χ3v) is 3.69. The van der Waals surface area contributed by atoms with E-state index in [1.54, 1.807) is 12.1 Å². The zero-order chi connectivity index (χ0) is 14.7. The molecule has 0 unspecified atom stereocenters. The topological polar surface area (TPSA) is 82.0 Å². The molecule has 104 valence electrons. The predicted octanol–water partition coefficient (Wildman–Crippen LogP) is 3.13. The molecule has 0 spiro atoms. The zero-order valence-corrected chi connectivity index (χ0v) is 12.2.